The molecule has 0 fully saturated rings. The first-order valence-electron chi connectivity index (χ1n) is 8.44. The van der Waals surface area contributed by atoms with Crippen molar-refractivity contribution in [1.29, 1.82) is 0 Å². The normalized spacial score (nSPS) is 12.4. The average Bonchev–Trinajstić information content (AvgIpc) is 3.11. The zero-order valence-corrected chi connectivity index (χ0v) is 15.5. The minimum atomic E-state index is -4.68. The second-order valence-corrected chi connectivity index (χ2v) is 6.23. The number of aryl methyl sites for hydroxylation is 1. The van der Waals surface area contributed by atoms with E-state index >= 15 is 0 Å². The molecule has 0 aliphatic heterocycles. The van der Waals surface area contributed by atoms with Gasteiger partial charge < -0.3 is 14.6 Å². The number of methoxy groups -OCH3 is 1. The molecule has 1 N–H and O–H groups in total. The Labute approximate surface area is 163 Å². The minimum Gasteiger partial charge on any atom is -0.497 e. The van der Waals surface area contributed by atoms with Crippen LogP contribution in [0.3, 0.4) is 0 Å². The Bertz CT molecular complexity index is 1020. The van der Waals surface area contributed by atoms with Gasteiger partial charge in [-0.2, -0.15) is 13.2 Å². The summed E-state index contributed by atoms with van der Waals surface area (Å²) in [6.45, 7) is 0. The van der Waals surface area contributed by atoms with Crippen molar-refractivity contribution >= 4 is 11.4 Å². The number of nitrogens with zero attached hydrogens (tertiary/aromatic N) is 3. The van der Waals surface area contributed by atoms with Crippen LogP contribution in [-0.4, -0.2) is 21.6 Å². The van der Waals surface area contributed by atoms with Crippen LogP contribution in [0.2, 0.25) is 0 Å². The number of nitro benzene ring substituents is 1. The number of imidazole rings is 1. The Kier molecular flexibility index (Phi) is 5.44. The van der Waals surface area contributed by atoms with Crippen LogP contribution in [-0.2, 0) is 13.2 Å². The van der Waals surface area contributed by atoms with E-state index in [0.717, 1.165) is 12.1 Å². The van der Waals surface area contributed by atoms with Gasteiger partial charge in [-0.3, -0.25) is 10.1 Å². The number of halogens is 3. The number of rotatable bonds is 6. The third-order valence-electron chi connectivity index (χ3n) is 4.39. The number of aromatic nitrogens is 2. The number of hydrogen-bond donors (Lipinski definition) is 1. The lowest BCUT2D eigenvalue weighted by Crippen LogP contribution is -2.18. The summed E-state index contributed by atoms with van der Waals surface area (Å²) in [7, 11) is 3.27. The van der Waals surface area contributed by atoms with E-state index < -0.39 is 28.4 Å². The summed E-state index contributed by atoms with van der Waals surface area (Å²) in [6, 6.07) is 8.67. The molecule has 0 aliphatic carbocycles. The number of anilines is 1. The van der Waals surface area contributed by atoms with Crippen molar-refractivity contribution in [3.05, 3.63) is 81.9 Å². The lowest BCUT2D eigenvalue weighted by Gasteiger charge is -2.21. The molecule has 1 aromatic heterocycles. The summed E-state index contributed by atoms with van der Waals surface area (Å²) in [5.74, 6) is 1.15. The van der Waals surface area contributed by atoms with Crippen LogP contribution in [0.25, 0.3) is 0 Å². The number of nitro groups is 1. The van der Waals surface area contributed by atoms with Crippen molar-refractivity contribution in [3.63, 3.8) is 0 Å². The van der Waals surface area contributed by atoms with Crippen molar-refractivity contribution in [1.82, 2.24) is 9.55 Å². The molecule has 1 heterocycles. The molecule has 10 heteroatoms. The average molecular weight is 406 g/mol. The van der Waals surface area contributed by atoms with Crippen LogP contribution in [0.1, 0.15) is 23.0 Å². The van der Waals surface area contributed by atoms with Gasteiger partial charge in [-0.05, 0) is 29.8 Å². The largest absolute Gasteiger partial charge is 0.497 e. The topological polar surface area (TPSA) is 82.2 Å². The van der Waals surface area contributed by atoms with E-state index in [1.54, 1.807) is 48.3 Å². The molecule has 3 aromatic rings. The van der Waals surface area contributed by atoms with E-state index in [2.05, 4.69) is 10.3 Å². The van der Waals surface area contributed by atoms with Crippen LogP contribution in [0.5, 0.6) is 5.75 Å². The lowest BCUT2D eigenvalue weighted by molar-refractivity contribution is -0.384. The van der Waals surface area contributed by atoms with Gasteiger partial charge in [-0.1, -0.05) is 12.1 Å². The molecule has 0 radical (unpaired) electrons. The summed E-state index contributed by atoms with van der Waals surface area (Å²) in [4.78, 5) is 14.9. The Morgan fingerprint density at radius 1 is 1.21 bits per heavy atom. The molecule has 2 aromatic carbocycles. The highest BCUT2D eigenvalue weighted by molar-refractivity contribution is 5.64. The molecule has 152 valence electrons. The fourth-order valence-corrected chi connectivity index (χ4v) is 2.89. The van der Waals surface area contributed by atoms with Gasteiger partial charge in [-0.25, -0.2) is 4.98 Å². The summed E-state index contributed by atoms with van der Waals surface area (Å²) in [5.41, 5.74) is -1.11. The molecule has 0 bridgehead atoms. The van der Waals surface area contributed by atoms with Crippen molar-refractivity contribution in [2.45, 2.75) is 12.2 Å². The SMILES string of the molecule is COc1ccc([C@H](Nc2ccc(C(F)(F)F)cc2[N+](=O)[O-])c2nccn2C)cc1. The van der Waals surface area contributed by atoms with Gasteiger partial charge in [0, 0.05) is 25.5 Å². The van der Waals surface area contributed by atoms with E-state index in [1.807, 2.05) is 0 Å². The molecule has 0 amide bonds. The maximum atomic E-state index is 13.0. The minimum absolute atomic E-state index is 0.0492. The van der Waals surface area contributed by atoms with Crippen molar-refractivity contribution in [2.24, 2.45) is 7.05 Å². The molecular formula is C19H17F3N4O3. The van der Waals surface area contributed by atoms with Gasteiger partial charge in [0.2, 0.25) is 0 Å². The molecular weight excluding hydrogens is 389 g/mol. The number of hydrogen-bond acceptors (Lipinski definition) is 5. The molecule has 0 unspecified atom stereocenters. The van der Waals surface area contributed by atoms with Crippen LogP contribution in [0.4, 0.5) is 24.5 Å². The van der Waals surface area contributed by atoms with Crippen LogP contribution in [0.15, 0.2) is 54.9 Å². The first-order chi connectivity index (χ1) is 13.7. The Morgan fingerprint density at radius 2 is 1.90 bits per heavy atom. The third-order valence-corrected chi connectivity index (χ3v) is 4.39. The molecule has 3 rings (SSSR count). The van der Waals surface area contributed by atoms with Gasteiger partial charge >= 0.3 is 6.18 Å². The van der Waals surface area contributed by atoms with Crippen molar-refractivity contribution in [3.8, 4) is 5.75 Å². The maximum absolute atomic E-state index is 13.0. The zero-order chi connectivity index (χ0) is 21.2. The van der Waals surface area contributed by atoms with Gasteiger partial charge in [0.05, 0.1) is 17.6 Å². The van der Waals surface area contributed by atoms with Gasteiger partial charge in [0.25, 0.3) is 5.69 Å². The molecule has 0 aliphatic rings. The monoisotopic (exact) mass is 406 g/mol. The highest BCUT2D eigenvalue weighted by Gasteiger charge is 2.33. The Morgan fingerprint density at radius 3 is 2.41 bits per heavy atom. The molecule has 0 saturated heterocycles. The quantitative estimate of drug-likeness (QED) is 0.479. The summed E-state index contributed by atoms with van der Waals surface area (Å²) in [5, 5.41) is 14.4. The number of ether oxygens (including phenoxy) is 1. The Hall–Kier alpha value is -3.56. The number of nitrogens with one attached hydrogen (secondary N) is 1. The third kappa shape index (κ3) is 4.31. The first kappa shape index (κ1) is 20.2. The molecule has 7 nitrogen and oxygen atoms in total. The first-order valence-corrected chi connectivity index (χ1v) is 8.44. The van der Waals surface area contributed by atoms with Gasteiger partial charge in [-0.15, -0.1) is 0 Å². The van der Waals surface area contributed by atoms with Crippen molar-refractivity contribution < 1.29 is 22.8 Å². The van der Waals surface area contributed by atoms with Crippen LogP contribution in [0, 0.1) is 10.1 Å². The fourth-order valence-electron chi connectivity index (χ4n) is 2.89. The van der Waals surface area contributed by atoms with Crippen LogP contribution >= 0.6 is 0 Å². The van der Waals surface area contributed by atoms with E-state index in [0.29, 0.717) is 23.2 Å². The molecule has 1 atom stereocenters. The maximum Gasteiger partial charge on any atom is 0.416 e. The lowest BCUT2D eigenvalue weighted by atomic mass is 10.0. The van der Waals surface area contributed by atoms with E-state index in [-0.39, 0.29) is 5.69 Å². The van der Waals surface area contributed by atoms with Crippen LogP contribution < -0.4 is 10.1 Å². The fraction of sp³-hybridized carbons (Fsp3) is 0.211. The zero-order valence-electron chi connectivity index (χ0n) is 15.5. The molecule has 29 heavy (non-hydrogen) atoms. The molecule has 0 spiro atoms. The van der Waals surface area contributed by atoms with Gasteiger partial charge in [0.15, 0.2) is 0 Å². The number of alkyl halides is 3. The van der Waals surface area contributed by atoms with Gasteiger partial charge in [0.1, 0.15) is 23.3 Å². The van der Waals surface area contributed by atoms with Crippen molar-refractivity contribution in [2.75, 3.05) is 12.4 Å². The van der Waals surface area contributed by atoms with E-state index in [9.17, 15) is 23.3 Å². The van der Waals surface area contributed by atoms with E-state index in [1.165, 1.54) is 7.11 Å². The summed E-state index contributed by atoms with van der Waals surface area (Å²) >= 11 is 0. The number of benzene rings is 2. The smallest absolute Gasteiger partial charge is 0.416 e. The highest BCUT2D eigenvalue weighted by Crippen LogP contribution is 2.37. The standard InChI is InChI=1S/C19H17F3N4O3/c1-25-10-9-23-18(25)17(12-3-6-14(29-2)7-4-12)24-15-8-5-13(19(20,21)22)11-16(15)26(27)28/h3-11,17,24H,1-2H3/t17-/m0/s1. The highest BCUT2D eigenvalue weighted by atomic mass is 19.4. The predicted molar refractivity (Wildman–Crippen MR) is 99.8 cm³/mol. The Balaban J connectivity index is 2.06. The molecule has 0 saturated carbocycles. The van der Waals surface area contributed by atoms with E-state index in [4.69, 9.17) is 4.74 Å². The predicted octanol–water partition coefficient (Wildman–Crippen LogP) is 4.56. The summed E-state index contributed by atoms with van der Waals surface area (Å²) in [6.07, 6.45) is -1.41. The second kappa shape index (κ2) is 7.82. The summed E-state index contributed by atoms with van der Waals surface area (Å²) < 4.78 is 45.8. The second-order valence-electron chi connectivity index (χ2n) is 6.23.